The number of benzene rings is 1. The monoisotopic (exact) mass is 228 g/mol. The van der Waals surface area contributed by atoms with Gasteiger partial charge in [-0.3, -0.25) is 9.78 Å². The molecule has 88 valence electrons. The van der Waals surface area contributed by atoms with Crippen LogP contribution in [0.2, 0.25) is 0 Å². The van der Waals surface area contributed by atoms with Gasteiger partial charge in [-0.1, -0.05) is 37.6 Å². The Morgan fingerprint density at radius 2 is 2.12 bits per heavy atom. The third-order valence-electron chi connectivity index (χ3n) is 2.70. The maximum absolute atomic E-state index is 12.0. The zero-order valence-corrected chi connectivity index (χ0v) is 9.94. The molecule has 0 saturated carbocycles. The Labute approximate surface area is 101 Å². The molecule has 0 aliphatic heterocycles. The molecule has 1 N–H and O–H groups in total. The minimum atomic E-state index is -0.0877. The molecule has 2 aromatic rings. The van der Waals surface area contributed by atoms with Crippen molar-refractivity contribution in [1.82, 2.24) is 10.3 Å². The van der Waals surface area contributed by atoms with Crippen molar-refractivity contribution in [2.45, 2.75) is 19.8 Å². The number of hydrogen-bond donors (Lipinski definition) is 1. The maximum Gasteiger partial charge on any atom is 0.270 e. The molecule has 17 heavy (non-hydrogen) atoms. The van der Waals surface area contributed by atoms with E-state index in [1.54, 1.807) is 6.20 Å². The van der Waals surface area contributed by atoms with Gasteiger partial charge in [-0.05, 0) is 17.9 Å². The molecule has 1 aromatic heterocycles. The van der Waals surface area contributed by atoms with Crippen LogP contribution in [0.5, 0.6) is 0 Å². The second-order valence-corrected chi connectivity index (χ2v) is 3.99. The Bertz CT molecular complexity index is 517. The molecule has 0 saturated heterocycles. The van der Waals surface area contributed by atoms with Crippen LogP contribution < -0.4 is 5.32 Å². The van der Waals surface area contributed by atoms with Gasteiger partial charge < -0.3 is 5.32 Å². The topological polar surface area (TPSA) is 42.0 Å². The van der Waals surface area contributed by atoms with Crippen LogP contribution in [-0.2, 0) is 0 Å². The van der Waals surface area contributed by atoms with E-state index in [1.165, 1.54) is 0 Å². The predicted octanol–water partition coefficient (Wildman–Crippen LogP) is 2.76. The molecule has 3 nitrogen and oxygen atoms in total. The number of carbonyl (C=O) groups excluding carboxylic acids is 1. The smallest absolute Gasteiger partial charge is 0.270 e. The summed E-state index contributed by atoms with van der Waals surface area (Å²) in [5.41, 5.74) is 0.513. The number of pyridine rings is 1. The van der Waals surface area contributed by atoms with Crippen LogP contribution in [0.3, 0.4) is 0 Å². The number of nitrogens with one attached hydrogen (secondary N) is 1. The summed E-state index contributed by atoms with van der Waals surface area (Å²) in [6.45, 7) is 2.81. The van der Waals surface area contributed by atoms with Crippen LogP contribution in [0.15, 0.2) is 36.5 Å². The Hall–Kier alpha value is -1.90. The lowest BCUT2D eigenvalue weighted by molar-refractivity contribution is 0.0950. The van der Waals surface area contributed by atoms with E-state index in [9.17, 15) is 4.79 Å². The van der Waals surface area contributed by atoms with Crippen molar-refractivity contribution in [3.63, 3.8) is 0 Å². The Morgan fingerprint density at radius 3 is 2.94 bits per heavy atom. The first-order valence-corrected chi connectivity index (χ1v) is 5.95. The first kappa shape index (κ1) is 11.6. The summed E-state index contributed by atoms with van der Waals surface area (Å²) in [6.07, 6.45) is 3.75. The summed E-state index contributed by atoms with van der Waals surface area (Å²) in [6, 6.07) is 9.71. The molecule has 0 bridgehead atoms. The number of hydrogen-bond acceptors (Lipinski definition) is 2. The van der Waals surface area contributed by atoms with E-state index in [0.29, 0.717) is 12.2 Å². The summed E-state index contributed by atoms with van der Waals surface area (Å²) < 4.78 is 0. The molecule has 1 heterocycles. The average molecular weight is 228 g/mol. The van der Waals surface area contributed by atoms with Crippen LogP contribution in [0.4, 0.5) is 0 Å². The highest BCUT2D eigenvalue weighted by Crippen LogP contribution is 2.15. The quantitative estimate of drug-likeness (QED) is 0.817. The Morgan fingerprint density at radius 1 is 1.29 bits per heavy atom. The van der Waals surface area contributed by atoms with Crippen molar-refractivity contribution in [2.24, 2.45) is 0 Å². The Balaban J connectivity index is 2.26. The number of amides is 1. The van der Waals surface area contributed by atoms with Crippen molar-refractivity contribution in [2.75, 3.05) is 6.54 Å². The highest BCUT2D eigenvalue weighted by molar-refractivity contribution is 6.05. The van der Waals surface area contributed by atoms with E-state index < -0.39 is 0 Å². The molecule has 0 aliphatic carbocycles. The number of rotatable bonds is 4. The molecular weight excluding hydrogens is 212 g/mol. The largest absolute Gasteiger partial charge is 0.351 e. The second-order valence-electron chi connectivity index (χ2n) is 3.99. The molecule has 0 aliphatic rings. The number of fused-ring (bicyclic) bond motifs is 1. The van der Waals surface area contributed by atoms with Crippen LogP contribution in [-0.4, -0.2) is 17.4 Å². The molecular formula is C14H16N2O. The van der Waals surface area contributed by atoms with Gasteiger partial charge in [0.25, 0.3) is 5.91 Å². The lowest BCUT2D eigenvalue weighted by atomic mass is 10.1. The van der Waals surface area contributed by atoms with E-state index in [0.717, 1.165) is 23.6 Å². The maximum atomic E-state index is 12.0. The molecule has 3 heteroatoms. The fourth-order valence-electron chi connectivity index (χ4n) is 1.76. The second kappa shape index (κ2) is 5.43. The van der Waals surface area contributed by atoms with E-state index in [4.69, 9.17) is 0 Å². The molecule has 0 radical (unpaired) electrons. The van der Waals surface area contributed by atoms with Gasteiger partial charge in [0.1, 0.15) is 5.69 Å². The van der Waals surface area contributed by atoms with Gasteiger partial charge in [-0.15, -0.1) is 0 Å². The predicted molar refractivity (Wildman–Crippen MR) is 69.0 cm³/mol. The van der Waals surface area contributed by atoms with Crippen molar-refractivity contribution in [3.8, 4) is 0 Å². The normalized spacial score (nSPS) is 10.4. The standard InChI is InChI=1S/C14H16N2O/c1-2-3-9-16-14(17)13-12-7-5-4-6-11(12)8-10-15-13/h4-8,10H,2-3,9H2,1H3,(H,16,17). The zero-order chi connectivity index (χ0) is 12.1. The number of nitrogens with zero attached hydrogens (tertiary/aromatic N) is 1. The van der Waals surface area contributed by atoms with Gasteiger partial charge in [0.2, 0.25) is 0 Å². The van der Waals surface area contributed by atoms with Crippen molar-refractivity contribution >= 4 is 16.7 Å². The SMILES string of the molecule is CCCCNC(=O)c1nccc2ccccc12. The fraction of sp³-hybridized carbons (Fsp3) is 0.286. The van der Waals surface area contributed by atoms with E-state index >= 15 is 0 Å². The lowest BCUT2D eigenvalue weighted by Gasteiger charge is -2.06. The summed E-state index contributed by atoms with van der Waals surface area (Å²) in [7, 11) is 0. The highest BCUT2D eigenvalue weighted by Gasteiger charge is 2.09. The molecule has 0 unspecified atom stereocenters. The molecule has 1 aromatic carbocycles. The van der Waals surface area contributed by atoms with Crippen molar-refractivity contribution < 1.29 is 4.79 Å². The van der Waals surface area contributed by atoms with Gasteiger partial charge in [0.15, 0.2) is 0 Å². The van der Waals surface area contributed by atoms with E-state index in [1.807, 2.05) is 30.3 Å². The number of carbonyl (C=O) groups is 1. The summed E-state index contributed by atoms with van der Waals surface area (Å²) in [5.74, 6) is -0.0877. The molecule has 0 fully saturated rings. The molecule has 0 atom stereocenters. The van der Waals surface area contributed by atoms with Crippen LogP contribution in [0.1, 0.15) is 30.3 Å². The fourth-order valence-corrected chi connectivity index (χ4v) is 1.76. The first-order chi connectivity index (χ1) is 8.33. The van der Waals surface area contributed by atoms with E-state index in [2.05, 4.69) is 17.2 Å². The van der Waals surface area contributed by atoms with Crippen molar-refractivity contribution in [3.05, 3.63) is 42.2 Å². The van der Waals surface area contributed by atoms with Crippen LogP contribution in [0, 0.1) is 0 Å². The highest BCUT2D eigenvalue weighted by atomic mass is 16.1. The lowest BCUT2D eigenvalue weighted by Crippen LogP contribution is -2.25. The number of aromatic nitrogens is 1. The first-order valence-electron chi connectivity index (χ1n) is 5.95. The molecule has 1 amide bonds. The van der Waals surface area contributed by atoms with Gasteiger partial charge in [0, 0.05) is 18.1 Å². The van der Waals surface area contributed by atoms with Gasteiger partial charge in [-0.25, -0.2) is 0 Å². The molecule has 0 spiro atoms. The third kappa shape index (κ3) is 2.61. The van der Waals surface area contributed by atoms with Gasteiger partial charge in [0.05, 0.1) is 0 Å². The third-order valence-corrected chi connectivity index (χ3v) is 2.70. The molecule has 2 rings (SSSR count). The zero-order valence-electron chi connectivity index (χ0n) is 9.94. The van der Waals surface area contributed by atoms with Gasteiger partial charge in [-0.2, -0.15) is 0 Å². The van der Waals surface area contributed by atoms with Crippen molar-refractivity contribution in [1.29, 1.82) is 0 Å². The summed E-state index contributed by atoms with van der Waals surface area (Å²) in [5, 5.41) is 4.84. The summed E-state index contributed by atoms with van der Waals surface area (Å²) in [4.78, 5) is 16.1. The number of unbranched alkanes of at least 4 members (excludes halogenated alkanes) is 1. The Kier molecular flexibility index (Phi) is 3.70. The van der Waals surface area contributed by atoms with Crippen LogP contribution >= 0.6 is 0 Å². The minimum absolute atomic E-state index is 0.0877. The van der Waals surface area contributed by atoms with E-state index in [-0.39, 0.29) is 5.91 Å². The summed E-state index contributed by atoms with van der Waals surface area (Å²) >= 11 is 0. The van der Waals surface area contributed by atoms with Crippen LogP contribution in [0.25, 0.3) is 10.8 Å². The average Bonchev–Trinajstić information content (AvgIpc) is 2.38. The minimum Gasteiger partial charge on any atom is -0.351 e. The van der Waals surface area contributed by atoms with Gasteiger partial charge >= 0.3 is 0 Å².